The molecule has 0 amide bonds. The highest BCUT2D eigenvalue weighted by Crippen LogP contribution is 2.27. The van der Waals surface area contributed by atoms with Crippen molar-refractivity contribution < 1.29 is 0 Å². The first-order valence-corrected chi connectivity index (χ1v) is 7.51. The quantitative estimate of drug-likeness (QED) is 0.820. The molecule has 1 aliphatic heterocycles. The Labute approximate surface area is 122 Å². The number of aromatic nitrogens is 2. The van der Waals surface area contributed by atoms with E-state index >= 15 is 0 Å². The molecule has 0 saturated heterocycles. The van der Waals surface area contributed by atoms with Gasteiger partial charge >= 0.3 is 0 Å². The molecule has 20 heavy (non-hydrogen) atoms. The first-order chi connectivity index (χ1) is 9.47. The number of allylic oxidation sites excluding steroid dienone is 1. The average Bonchev–Trinajstić information content (AvgIpc) is 2.76. The van der Waals surface area contributed by atoms with Gasteiger partial charge in [-0.15, -0.1) is 0 Å². The van der Waals surface area contributed by atoms with Gasteiger partial charge in [-0.1, -0.05) is 20.8 Å². The first-order valence-electron chi connectivity index (χ1n) is 7.51. The van der Waals surface area contributed by atoms with Gasteiger partial charge in [0.2, 0.25) is 0 Å². The highest BCUT2D eigenvalue weighted by atomic mass is 15.3. The van der Waals surface area contributed by atoms with Gasteiger partial charge in [-0.05, 0) is 32.1 Å². The van der Waals surface area contributed by atoms with Crippen molar-refractivity contribution in [3.8, 4) is 0 Å². The lowest BCUT2D eigenvalue weighted by atomic mass is 10.0. The highest BCUT2D eigenvalue weighted by molar-refractivity contribution is 5.65. The van der Waals surface area contributed by atoms with Crippen molar-refractivity contribution in [2.75, 3.05) is 4.90 Å². The molecule has 1 aliphatic rings. The van der Waals surface area contributed by atoms with E-state index in [1.165, 1.54) is 5.70 Å². The fraction of sp³-hybridized carbons (Fsp3) is 0.625. The van der Waals surface area contributed by atoms with Crippen molar-refractivity contribution in [2.45, 2.75) is 53.6 Å². The van der Waals surface area contributed by atoms with E-state index in [2.05, 4.69) is 55.8 Å². The van der Waals surface area contributed by atoms with E-state index in [-0.39, 0.29) is 0 Å². The van der Waals surface area contributed by atoms with E-state index in [0.717, 1.165) is 18.7 Å². The van der Waals surface area contributed by atoms with Gasteiger partial charge in [-0.2, -0.15) is 5.10 Å². The Bertz CT molecular complexity index is 496. The average molecular weight is 274 g/mol. The SMILES string of the molecule is CC(C)Cn1cc(N(C2=CN=CC(C)C2)C(C)C)cn1. The zero-order valence-corrected chi connectivity index (χ0v) is 13.2. The van der Waals surface area contributed by atoms with Crippen LogP contribution in [-0.2, 0) is 6.54 Å². The number of anilines is 1. The maximum absolute atomic E-state index is 4.48. The largest absolute Gasteiger partial charge is 0.339 e. The monoisotopic (exact) mass is 274 g/mol. The minimum absolute atomic E-state index is 0.401. The third-order valence-electron chi connectivity index (χ3n) is 3.37. The van der Waals surface area contributed by atoms with E-state index in [0.29, 0.717) is 17.9 Å². The van der Waals surface area contributed by atoms with E-state index in [1.54, 1.807) is 0 Å². The van der Waals surface area contributed by atoms with Gasteiger partial charge in [0.25, 0.3) is 0 Å². The molecule has 0 N–H and O–H groups in total. The maximum Gasteiger partial charge on any atom is 0.0797 e. The second kappa shape index (κ2) is 6.25. The summed E-state index contributed by atoms with van der Waals surface area (Å²) in [6.07, 6.45) is 9.15. The Morgan fingerprint density at radius 1 is 1.35 bits per heavy atom. The molecule has 1 atom stereocenters. The van der Waals surface area contributed by atoms with Crippen LogP contribution in [0.5, 0.6) is 0 Å². The fourth-order valence-electron chi connectivity index (χ4n) is 2.62. The van der Waals surface area contributed by atoms with Gasteiger partial charge < -0.3 is 4.90 Å². The number of hydrogen-bond donors (Lipinski definition) is 0. The predicted molar refractivity (Wildman–Crippen MR) is 85.0 cm³/mol. The molecule has 4 nitrogen and oxygen atoms in total. The molecular weight excluding hydrogens is 248 g/mol. The Kier molecular flexibility index (Phi) is 4.63. The molecule has 0 aromatic carbocycles. The highest BCUT2D eigenvalue weighted by Gasteiger charge is 2.20. The van der Waals surface area contributed by atoms with Crippen molar-refractivity contribution in [1.29, 1.82) is 0 Å². The maximum atomic E-state index is 4.48. The molecule has 0 spiro atoms. The number of rotatable bonds is 5. The van der Waals surface area contributed by atoms with Crippen molar-refractivity contribution in [3.63, 3.8) is 0 Å². The van der Waals surface area contributed by atoms with Crippen LogP contribution >= 0.6 is 0 Å². The molecule has 4 heteroatoms. The van der Waals surface area contributed by atoms with Crippen LogP contribution < -0.4 is 4.90 Å². The van der Waals surface area contributed by atoms with Crippen LogP contribution in [0.4, 0.5) is 5.69 Å². The Morgan fingerprint density at radius 3 is 2.70 bits per heavy atom. The van der Waals surface area contributed by atoms with Gasteiger partial charge in [0.05, 0.1) is 11.9 Å². The summed E-state index contributed by atoms with van der Waals surface area (Å²) in [7, 11) is 0. The molecule has 0 aliphatic carbocycles. The van der Waals surface area contributed by atoms with Crippen LogP contribution in [0, 0.1) is 11.8 Å². The molecule has 1 unspecified atom stereocenters. The summed E-state index contributed by atoms with van der Waals surface area (Å²) in [5.41, 5.74) is 2.44. The normalized spacial score (nSPS) is 18.8. The minimum atomic E-state index is 0.401. The number of aliphatic imine (C=N–C) groups is 1. The summed E-state index contributed by atoms with van der Waals surface area (Å²) < 4.78 is 2.03. The molecular formula is C16H26N4. The molecule has 0 fully saturated rings. The lowest BCUT2D eigenvalue weighted by Gasteiger charge is -2.31. The van der Waals surface area contributed by atoms with E-state index in [4.69, 9.17) is 0 Å². The van der Waals surface area contributed by atoms with Gasteiger partial charge in [-0.25, -0.2) is 0 Å². The first kappa shape index (κ1) is 14.8. The van der Waals surface area contributed by atoms with Crippen molar-refractivity contribution >= 4 is 11.9 Å². The summed E-state index contributed by atoms with van der Waals surface area (Å²) in [6, 6.07) is 0.401. The van der Waals surface area contributed by atoms with Crippen LogP contribution in [-0.4, -0.2) is 22.0 Å². The zero-order valence-electron chi connectivity index (χ0n) is 13.2. The molecule has 0 saturated carbocycles. The van der Waals surface area contributed by atoms with Crippen LogP contribution in [0.3, 0.4) is 0 Å². The Balaban J connectivity index is 2.23. The lowest BCUT2D eigenvalue weighted by molar-refractivity contribution is 0.483. The van der Waals surface area contributed by atoms with Crippen LogP contribution in [0.25, 0.3) is 0 Å². The Hall–Kier alpha value is -1.58. The summed E-state index contributed by atoms with van der Waals surface area (Å²) in [4.78, 5) is 6.71. The van der Waals surface area contributed by atoms with Crippen LogP contribution in [0.2, 0.25) is 0 Å². The fourth-order valence-corrected chi connectivity index (χ4v) is 2.62. The van der Waals surface area contributed by atoms with Crippen LogP contribution in [0.1, 0.15) is 41.0 Å². The topological polar surface area (TPSA) is 33.4 Å². The molecule has 1 aromatic rings. The predicted octanol–water partition coefficient (Wildman–Crippen LogP) is 3.71. The zero-order chi connectivity index (χ0) is 14.7. The number of nitrogens with zero attached hydrogens (tertiary/aromatic N) is 4. The molecule has 2 rings (SSSR count). The van der Waals surface area contributed by atoms with Gasteiger partial charge in [0.15, 0.2) is 0 Å². The summed E-state index contributed by atoms with van der Waals surface area (Å²) in [6.45, 7) is 12.0. The van der Waals surface area contributed by atoms with Gasteiger partial charge in [0.1, 0.15) is 0 Å². The van der Waals surface area contributed by atoms with Gasteiger partial charge in [0, 0.05) is 36.9 Å². The molecule has 2 heterocycles. The van der Waals surface area contributed by atoms with Crippen LogP contribution in [0.15, 0.2) is 29.3 Å². The molecule has 1 aromatic heterocycles. The minimum Gasteiger partial charge on any atom is -0.339 e. The second-order valence-corrected chi connectivity index (χ2v) is 6.38. The summed E-state index contributed by atoms with van der Waals surface area (Å²) in [5.74, 6) is 1.11. The summed E-state index contributed by atoms with van der Waals surface area (Å²) >= 11 is 0. The third kappa shape index (κ3) is 3.50. The van der Waals surface area contributed by atoms with E-state index in [1.807, 2.05) is 23.3 Å². The molecule has 0 bridgehead atoms. The molecule has 0 radical (unpaired) electrons. The van der Waals surface area contributed by atoms with Crippen molar-refractivity contribution in [1.82, 2.24) is 9.78 Å². The summed E-state index contributed by atoms with van der Waals surface area (Å²) in [5, 5.41) is 4.48. The third-order valence-corrected chi connectivity index (χ3v) is 3.37. The smallest absolute Gasteiger partial charge is 0.0797 e. The Morgan fingerprint density at radius 2 is 2.10 bits per heavy atom. The lowest BCUT2D eigenvalue weighted by Crippen LogP contribution is -2.31. The number of hydrogen-bond acceptors (Lipinski definition) is 3. The van der Waals surface area contributed by atoms with Gasteiger partial charge in [-0.3, -0.25) is 9.67 Å². The van der Waals surface area contributed by atoms with Crippen molar-refractivity contribution in [2.24, 2.45) is 16.8 Å². The molecule has 110 valence electrons. The van der Waals surface area contributed by atoms with Crippen molar-refractivity contribution in [3.05, 3.63) is 24.3 Å². The second-order valence-electron chi connectivity index (χ2n) is 6.38. The van der Waals surface area contributed by atoms with E-state index in [9.17, 15) is 0 Å². The standard InChI is InChI=1S/C16H26N4/c1-12(2)10-19-11-16(9-18-19)20(13(3)4)15-6-14(5)7-17-8-15/h7-9,11-14H,6,10H2,1-5H3. The van der Waals surface area contributed by atoms with E-state index < -0.39 is 0 Å².